The van der Waals surface area contributed by atoms with Gasteiger partial charge in [0, 0.05) is 12.8 Å². The molecule has 0 bridgehead atoms. The van der Waals surface area contributed by atoms with E-state index in [2.05, 4.69) is 85.7 Å². The molecule has 4 rings (SSSR count). The second-order valence-corrected chi connectivity index (χ2v) is 4.31. The van der Waals surface area contributed by atoms with Crippen LogP contribution in [0.25, 0.3) is 12.2 Å². The highest BCUT2D eigenvalue weighted by atomic mass is 14.1. The Hall–Kier alpha value is -2.08. The van der Waals surface area contributed by atoms with E-state index in [0.29, 0.717) is 0 Å². The fourth-order valence-electron chi connectivity index (χ4n) is 2.14. The molecule has 0 aromatic heterocycles. The number of hydrogen-bond donors (Lipinski definition) is 0. The van der Waals surface area contributed by atoms with Crippen molar-refractivity contribution in [2.24, 2.45) is 0 Å². The number of fused-ring (bicyclic) bond motifs is 2. The van der Waals surface area contributed by atoms with Crippen molar-refractivity contribution in [2.45, 2.75) is 0 Å². The van der Waals surface area contributed by atoms with E-state index in [4.69, 9.17) is 0 Å². The van der Waals surface area contributed by atoms with Gasteiger partial charge in [-0.15, -0.1) is 0 Å². The van der Waals surface area contributed by atoms with E-state index < -0.39 is 0 Å². The smallest absolute Gasteiger partial charge is 0.0131 e. The molecular weight excluding hydrogens is 216 g/mol. The lowest BCUT2D eigenvalue weighted by Crippen LogP contribution is -1.74. The Morgan fingerprint density at radius 1 is 0.444 bits per heavy atom. The van der Waals surface area contributed by atoms with Crippen LogP contribution in [0.15, 0.2) is 60.7 Å². The molecule has 0 amide bonds. The SMILES string of the molecule is [CH]1C=Cc2ccccc21.[CH]1C=Cc2ccccc21. The first-order chi connectivity index (χ1) is 8.93. The summed E-state index contributed by atoms with van der Waals surface area (Å²) >= 11 is 0. The van der Waals surface area contributed by atoms with Gasteiger partial charge >= 0.3 is 0 Å². The highest BCUT2D eigenvalue weighted by molar-refractivity contribution is 5.65. The largest absolute Gasteiger partial charge is 0.0755 e. The molecule has 2 aromatic carbocycles. The van der Waals surface area contributed by atoms with E-state index in [-0.39, 0.29) is 0 Å². The van der Waals surface area contributed by atoms with Crippen molar-refractivity contribution in [3.05, 3.63) is 95.8 Å². The first-order valence-corrected chi connectivity index (χ1v) is 6.14. The summed E-state index contributed by atoms with van der Waals surface area (Å²) in [6, 6.07) is 16.7. The van der Waals surface area contributed by atoms with Gasteiger partial charge in [-0.05, 0) is 22.3 Å². The van der Waals surface area contributed by atoms with Gasteiger partial charge in [0.05, 0.1) is 0 Å². The second-order valence-electron chi connectivity index (χ2n) is 4.31. The van der Waals surface area contributed by atoms with Crippen molar-refractivity contribution in [3.8, 4) is 0 Å². The van der Waals surface area contributed by atoms with Gasteiger partial charge in [-0.2, -0.15) is 0 Å². The van der Waals surface area contributed by atoms with Gasteiger partial charge in [0.2, 0.25) is 0 Å². The Labute approximate surface area is 108 Å². The summed E-state index contributed by atoms with van der Waals surface area (Å²) < 4.78 is 0. The summed E-state index contributed by atoms with van der Waals surface area (Å²) in [4.78, 5) is 0. The first kappa shape index (κ1) is 11.0. The van der Waals surface area contributed by atoms with Crippen molar-refractivity contribution in [1.29, 1.82) is 0 Å². The molecule has 18 heavy (non-hydrogen) atoms. The highest BCUT2D eigenvalue weighted by Gasteiger charge is 2.01. The summed E-state index contributed by atoms with van der Waals surface area (Å²) in [7, 11) is 0. The van der Waals surface area contributed by atoms with E-state index in [1.807, 2.05) is 0 Å². The van der Waals surface area contributed by atoms with Gasteiger partial charge in [0.15, 0.2) is 0 Å². The van der Waals surface area contributed by atoms with Crippen LogP contribution < -0.4 is 0 Å². The molecule has 2 aliphatic rings. The summed E-state index contributed by atoms with van der Waals surface area (Å²) in [5.74, 6) is 0. The molecule has 0 nitrogen and oxygen atoms in total. The molecule has 0 unspecified atom stereocenters. The van der Waals surface area contributed by atoms with Crippen LogP contribution in [0, 0.1) is 12.8 Å². The van der Waals surface area contributed by atoms with Gasteiger partial charge in [-0.3, -0.25) is 0 Å². The molecule has 2 aromatic rings. The van der Waals surface area contributed by atoms with Crippen LogP contribution in [0.4, 0.5) is 0 Å². The van der Waals surface area contributed by atoms with E-state index in [1.165, 1.54) is 22.3 Å². The van der Waals surface area contributed by atoms with Gasteiger partial charge in [0.25, 0.3) is 0 Å². The van der Waals surface area contributed by atoms with E-state index in [9.17, 15) is 0 Å². The monoisotopic (exact) mass is 230 g/mol. The van der Waals surface area contributed by atoms with Gasteiger partial charge in [-0.25, -0.2) is 0 Å². The lowest BCUT2D eigenvalue weighted by atomic mass is 10.1. The van der Waals surface area contributed by atoms with Crippen molar-refractivity contribution < 1.29 is 0 Å². The third kappa shape index (κ3) is 2.28. The number of allylic oxidation sites excluding steroid dienone is 2. The molecule has 0 aliphatic heterocycles. The number of hydrogen-bond acceptors (Lipinski definition) is 0. The molecule has 0 saturated carbocycles. The Balaban J connectivity index is 0.000000111. The summed E-state index contributed by atoms with van der Waals surface area (Å²) in [5.41, 5.74) is 5.32. The highest BCUT2D eigenvalue weighted by Crippen LogP contribution is 2.19. The van der Waals surface area contributed by atoms with Gasteiger partial charge in [-0.1, -0.05) is 72.8 Å². The average molecular weight is 230 g/mol. The lowest BCUT2D eigenvalue weighted by molar-refractivity contribution is 1.55. The molecule has 0 spiro atoms. The van der Waals surface area contributed by atoms with Crippen LogP contribution in [0.2, 0.25) is 0 Å². The van der Waals surface area contributed by atoms with Crippen LogP contribution in [-0.2, 0) is 0 Å². The Bertz CT molecular complexity index is 547. The average Bonchev–Trinajstić information content (AvgIpc) is 3.08. The van der Waals surface area contributed by atoms with Crippen LogP contribution in [-0.4, -0.2) is 0 Å². The van der Waals surface area contributed by atoms with Crippen LogP contribution in [0.3, 0.4) is 0 Å². The topological polar surface area (TPSA) is 0 Å². The molecule has 2 radical (unpaired) electrons. The molecule has 0 saturated heterocycles. The zero-order valence-electron chi connectivity index (χ0n) is 10.1. The quantitative estimate of drug-likeness (QED) is 0.623. The van der Waals surface area contributed by atoms with Crippen molar-refractivity contribution in [2.75, 3.05) is 0 Å². The molecule has 0 fully saturated rings. The Morgan fingerprint density at radius 2 is 0.833 bits per heavy atom. The molecule has 0 heteroatoms. The third-order valence-corrected chi connectivity index (χ3v) is 3.10. The minimum Gasteiger partial charge on any atom is -0.0755 e. The Kier molecular flexibility index (Phi) is 3.10. The summed E-state index contributed by atoms with van der Waals surface area (Å²) in [6.07, 6.45) is 12.6. The summed E-state index contributed by atoms with van der Waals surface area (Å²) in [5, 5.41) is 0. The fraction of sp³-hybridized carbons (Fsp3) is 0. The third-order valence-electron chi connectivity index (χ3n) is 3.10. The molecule has 0 N–H and O–H groups in total. The van der Waals surface area contributed by atoms with Gasteiger partial charge < -0.3 is 0 Å². The summed E-state index contributed by atoms with van der Waals surface area (Å²) in [6.45, 7) is 0. The van der Waals surface area contributed by atoms with Crippen LogP contribution >= 0.6 is 0 Å². The molecule has 0 atom stereocenters. The van der Waals surface area contributed by atoms with Gasteiger partial charge in [0.1, 0.15) is 0 Å². The minimum absolute atomic E-state index is 1.33. The minimum atomic E-state index is 1.33. The number of rotatable bonds is 0. The van der Waals surface area contributed by atoms with Crippen molar-refractivity contribution >= 4 is 12.2 Å². The van der Waals surface area contributed by atoms with Crippen LogP contribution in [0.5, 0.6) is 0 Å². The standard InChI is InChI=1S/2C9H7/c2*1-2-5-9-7-3-6-8(9)4-1/h2*1-7H. The molecule has 2 aliphatic carbocycles. The lowest BCUT2D eigenvalue weighted by Gasteiger charge is -1.92. The molecule has 86 valence electrons. The maximum Gasteiger partial charge on any atom is 0.0131 e. The van der Waals surface area contributed by atoms with E-state index >= 15 is 0 Å². The predicted molar refractivity (Wildman–Crippen MR) is 77.8 cm³/mol. The zero-order valence-corrected chi connectivity index (χ0v) is 10.1. The zero-order chi connectivity index (χ0) is 12.2. The number of benzene rings is 2. The van der Waals surface area contributed by atoms with E-state index in [1.54, 1.807) is 0 Å². The fourth-order valence-corrected chi connectivity index (χ4v) is 2.14. The maximum absolute atomic E-state index is 2.12. The Morgan fingerprint density at radius 3 is 1.22 bits per heavy atom. The van der Waals surface area contributed by atoms with Crippen LogP contribution in [0.1, 0.15) is 22.3 Å². The second kappa shape index (κ2) is 5.05. The molecule has 0 heterocycles. The first-order valence-electron chi connectivity index (χ1n) is 6.14. The normalized spacial score (nSPS) is 13.8. The maximum atomic E-state index is 2.12. The molecular formula is C18H14. The predicted octanol–water partition coefficient (Wildman–Crippen LogP) is 4.53. The van der Waals surface area contributed by atoms with E-state index in [0.717, 1.165) is 0 Å². The van der Waals surface area contributed by atoms with Crippen molar-refractivity contribution in [1.82, 2.24) is 0 Å². The van der Waals surface area contributed by atoms with Crippen molar-refractivity contribution in [3.63, 3.8) is 0 Å².